The molecule has 0 aliphatic heterocycles. The summed E-state index contributed by atoms with van der Waals surface area (Å²) in [5.74, 6) is -0.828. The summed E-state index contributed by atoms with van der Waals surface area (Å²) in [5.41, 5.74) is 0.137. The predicted molar refractivity (Wildman–Crippen MR) is 98.2 cm³/mol. The van der Waals surface area contributed by atoms with Crippen molar-refractivity contribution in [1.29, 1.82) is 5.26 Å². The highest BCUT2D eigenvalue weighted by Crippen LogP contribution is 2.34. The SMILES string of the molecule is N#Cc1cc(Br)c(OC(=O)OCOC(=O)c2nc(Cl)ccc2Cl)c(Br)c1. The Morgan fingerprint density at radius 3 is 2.42 bits per heavy atom. The molecule has 7 nitrogen and oxygen atoms in total. The summed E-state index contributed by atoms with van der Waals surface area (Å²) in [6.45, 7) is -0.728. The molecule has 0 saturated carbocycles. The summed E-state index contributed by atoms with van der Waals surface area (Å²) < 4.78 is 15.1. The van der Waals surface area contributed by atoms with E-state index in [9.17, 15) is 9.59 Å². The Balaban J connectivity index is 1.93. The minimum Gasteiger partial charge on any atom is -0.423 e. The van der Waals surface area contributed by atoms with Gasteiger partial charge in [-0.3, -0.25) is 0 Å². The van der Waals surface area contributed by atoms with Gasteiger partial charge in [0.1, 0.15) is 5.15 Å². The van der Waals surface area contributed by atoms with E-state index in [0.29, 0.717) is 14.5 Å². The molecule has 11 heteroatoms. The minimum atomic E-state index is -1.13. The third kappa shape index (κ3) is 5.32. The highest BCUT2D eigenvalue weighted by atomic mass is 79.9. The highest BCUT2D eigenvalue weighted by Gasteiger charge is 2.17. The second-order valence-electron chi connectivity index (χ2n) is 4.39. The lowest BCUT2D eigenvalue weighted by atomic mass is 10.2. The van der Waals surface area contributed by atoms with E-state index in [1.807, 2.05) is 6.07 Å². The molecule has 2 rings (SSSR count). The number of aromatic nitrogens is 1. The number of halogens is 4. The Morgan fingerprint density at radius 2 is 1.81 bits per heavy atom. The lowest BCUT2D eigenvalue weighted by Crippen LogP contribution is -2.17. The molecule has 134 valence electrons. The molecular formula is C15H6Br2Cl2N2O5. The van der Waals surface area contributed by atoms with Crippen molar-refractivity contribution in [1.82, 2.24) is 4.98 Å². The number of hydrogen-bond donors (Lipinski definition) is 0. The van der Waals surface area contributed by atoms with E-state index < -0.39 is 18.9 Å². The zero-order valence-electron chi connectivity index (χ0n) is 12.5. The van der Waals surface area contributed by atoms with Crippen LogP contribution in [0.2, 0.25) is 10.2 Å². The van der Waals surface area contributed by atoms with Gasteiger partial charge < -0.3 is 14.2 Å². The average molecular weight is 525 g/mol. The second kappa shape index (κ2) is 9.19. The van der Waals surface area contributed by atoms with E-state index in [-0.39, 0.29) is 21.6 Å². The first-order valence-corrected chi connectivity index (χ1v) is 8.89. The molecule has 2 aromatic rings. The number of carbonyl (C=O) groups excluding carboxylic acids is 2. The predicted octanol–water partition coefficient (Wildman–Crippen LogP) is 5.11. The van der Waals surface area contributed by atoms with Crippen molar-refractivity contribution >= 4 is 67.2 Å². The third-order valence-electron chi connectivity index (χ3n) is 2.68. The van der Waals surface area contributed by atoms with Crippen LogP contribution in [0, 0.1) is 11.3 Å². The third-order valence-corrected chi connectivity index (χ3v) is 4.38. The first kappa shape index (κ1) is 20.5. The zero-order chi connectivity index (χ0) is 19.3. The number of ether oxygens (including phenoxy) is 3. The van der Waals surface area contributed by atoms with Crippen LogP contribution in [0.4, 0.5) is 4.79 Å². The number of nitriles is 1. The van der Waals surface area contributed by atoms with Gasteiger partial charge in [-0.15, -0.1) is 0 Å². The van der Waals surface area contributed by atoms with E-state index in [0.717, 1.165) is 0 Å². The van der Waals surface area contributed by atoms with Crippen molar-refractivity contribution in [3.8, 4) is 11.8 Å². The summed E-state index contributed by atoms with van der Waals surface area (Å²) in [5, 5.41) is 8.95. The van der Waals surface area contributed by atoms with E-state index in [2.05, 4.69) is 41.6 Å². The van der Waals surface area contributed by atoms with Gasteiger partial charge in [0, 0.05) is 0 Å². The summed E-state index contributed by atoms with van der Waals surface area (Å²) in [6, 6.07) is 7.64. The van der Waals surface area contributed by atoms with Crippen LogP contribution in [0.25, 0.3) is 0 Å². The number of esters is 1. The topological polar surface area (TPSA) is 98.5 Å². The van der Waals surface area contributed by atoms with Crippen molar-refractivity contribution < 1.29 is 23.8 Å². The summed E-state index contributed by atoms with van der Waals surface area (Å²) in [4.78, 5) is 27.3. The van der Waals surface area contributed by atoms with Gasteiger partial charge in [-0.05, 0) is 56.1 Å². The van der Waals surface area contributed by atoms with Gasteiger partial charge in [0.2, 0.25) is 6.79 Å². The number of rotatable bonds is 4. The van der Waals surface area contributed by atoms with Gasteiger partial charge in [0.05, 0.1) is 25.6 Å². The molecule has 1 aromatic carbocycles. The first-order chi connectivity index (χ1) is 12.3. The molecule has 0 fully saturated rings. The Kier molecular flexibility index (Phi) is 7.23. The molecule has 0 spiro atoms. The molecule has 0 saturated heterocycles. The van der Waals surface area contributed by atoms with E-state index >= 15 is 0 Å². The fraction of sp³-hybridized carbons (Fsp3) is 0.0667. The zero-order valence-corrected chi connectivity index (χ0v) is 17.1. The van der Waals surface area contributed by atoms with Gasteiger partial charge >= 0.3 is 12.1 Å². The maximum absolute atomic E-state index is 11.8. The molecule has 26 heavy (non-hydrogen) atoms. The Hall–Kier alpha value is -1.86. The average Bonchev–Trinajstić information content (AvgIpc) is 2.59. The molecule has 1 heterocycles. The number of carbonyl (C=O) groups is 2. The van der Waals surface area contributed by atoms with Crippen LogP contribution in [-0.2, 0) is 9.47 Å². The first-order valence-electron chi connectivity index (χ1n) is 6.54. The molecule has 0 unspecified atom stereocenters. The molecule has 0 aliphatic rings. The van der Waals surface area contributed by atoms with Crippen molar-refractivity contribution in [2.24, 2.45) is 0 Å². The molecule has 0 bridgehead atoms. The van der Waals surface area contributed by atoms with E-state index in [1.165, 1.54) is 24.3 Å². The van der Waals surface area contributed by atoms with Crippen molar-refractivity contribution in [2.75, 3.05) is 6.79 Å². The fourth-order valence-corrected chi connectivity index (χ4v) is 3.27. The van der Waals surface area contributed by atoms with Crippen LogP contribution in [0.5, 0.6) is 5.75 Å². The van der Waals surface area contributed by atoms with Gasteiger partial charge in [-0.25, -0.2) is 14.6 Å². The number of benzene rings is 1. The minimum absolute atomic E-state index is 0.0346. The van der Waals surface area contributed by atoms with Crippen LogP contribution >= 0.6 is 55.1 Å². The number of hydrogen-bond acceptors (Lipinski definition) is 7. The van der Waals surface area contributed by atoms with Crippen LogP contribution in [0.15, 0.2) is 33.2 Å². The Morgan fingerprint density at radius 1 is 1.15 bits per heavy atom. The van der Waals surface area contributed by atoms with Gasteiger partial charge in [0.25, 0.3) is 0 Å². The Bertz CT molecular complexity index is 894. The second-order valence-corrected chi connectivity index (χ2v) is 6.89. The van der Waals surface area contributed by atoms with Crippen molar-refractivity contribution in [3.63, 3.8) is 0 Å². The Labute approximate surface area is 174 Å². The normalized spacial score (nSPS) is 9.96. The quantitative estimate of drug-likeness (QED) is 0.237. The molecule has 0 atom stereocenters. The van der Waals surface area contributed by atoms with Crippen LogP contribution in [0.1, 0.15) is 16.1 Å². The standard InChI is InChI=1S/C15H6Br2Cl2N2O5/c16-8-3-7(5-20)4-9(17)13(8)26-15(23)25-6-24-14(22)12-10(18)1-2-11(19)21-12/h1-4H,6H2. The van der Waals surface area contributed by atoms with Crippen LogP contribution in [0.3, 0.4) is 0 Å². The van der Waals surface area contributed by atoms with Crippen molar-refractivity contribution in [2.45, 2.75) is 0 Å². The lowest BCUT2D eigenvalue weighted by Gasteiger charge is -2.10. The van der Waals surface area contributed by atoms with Crippen LogP contribution in [-0.4, -0.2) is 23.9 Å². The summed E-state index contributed by atoms with van der Waals surface area (Å²) in [6.07, 6.45) is -1.13. The number of pyridine rings is 1. The number of nitrogens with zero attached hydrogens (tertiary/aromatic N) is 2. The molecule has 0 radical (unpaired) electrons. The molecule has 0 aliphatic carbocycles. The van der Waals surface area contributed by atoms with E-state index in [1.54, 1.807) is 0 Å². The van der Waals surface area contributed by atoms with Gasteiger partial charge in [-0.2, -0.15) is 5.26 Å². The lowest BCUT2D eigenvalue weighted by molar-refractivity contribution is -0.0147. The maximum Gasteiger partial charge on any atom is 0.516 e. The maximum atomic E-state index is 11.8. The molecule has 0 N–H and O–H groups in total. The monoisotopic (exact) mass is 522 g/mol. The van der Waals surface area contributed by atoms with Crippen LogP contribution < -0.4 is 4.74 Å². The fourth-order valence-electron chi connectivity index (χ4n) is 1.60. The summed E-state index contributed by atoms with van der Waals surface area (Å²) >= 11 is 17.8. The smallest absolute Gasteiger partial charge is 0.423 e. The van der Waals surface area contributed by atoms with Gasteiger partial charge in [0.15, 0.2) is 11.4 Å². The van der Waals surface area contributed by atoms with E-state index in [4.69, 9.17) is 37.9 Å². The molecule has 1 aromatic heterocycles. The van der Waals surface area contributed by atoms with Crippen molar-refractivity contribution in [3.05, 3.63) is 54.6 Å². The molecule has 0 amide bonds. The summed E-state index contributed by atoms with van der Waals surface area (Å²) in [7, 11) is 0. The molecular weight excluding hydrogens is 519 g/mol. The highest BCUT2D eigenvalue weighted by molar-refractivity contribution is 9.11. The van der Waals surface area contributed by atoms with Gasteiger partial charge in [-0.1, -0.05) is 23.2 Å². The largest absolute Gasteiger partial charge is 0.516 e.